The molecule has 1 heterocycles. The Morgan fingerprint density at radius 2 is 2.04 bits per heavy atom. The summed E-state index contributed by atoms with van der Waals surface area (Å²) in [6, 6.07) is 4.64. The second-order valence-corrected chi connectivity index (χ2v) is 5.01. The fraction of sp³-hybridized carbons (Fsp3) is 0.400. The number of halogens is 1. The van der Waals surface area contributed by atoms with Crippen LogP contribution in [-0.2, 0) is 14.3 Å². The molecule has 0 spiro atoms. The van der Waals surface area contributed by atoms with E-state index >= 15 is 0 Å². The smallest absolute Gasteiger partial charge is 0.325 e. The normalized spacial score (nSPS) is 17.0. The molecule has 0 saturated carbocycles. The van der Waals surface area contributed by atoms with E-state index in [1.807, 2.05) is 0 Å². The average molecular weight is 323 g/mol. The van der Waals surface area contributed by atoms with E-state index in [0.717, 1.165) is 0 Å². The number of nitrogens with one attached hydrogen (secondary N) is 2. The monoisotopic (exact) mass is 323 g/mol. The van der Waals surface area contributed by atoms with E-state index in [4.69, 9.17) is 0 Å². The molecule has 0 aliphatic carbocycles. The van der Waals surface area contributed by atoms with Crippen molar-refractivity contribution < 1.29 is 23.5 Å². The Bertz CT molecular complexity index is 591. The molecule has 0 unspecified atom stereocenters. The van der Waals surface area contributed by atoms with Crippen LogP contribution >= 0.6 is 0 Å². The van der Waals surface area contributed by atoms with Crippen molar-refractivity contribution in [2.75, 3.05) is 24.6 Å². The van der Waals surface area contributed by atoms with Crippen LogP contribution in [0.2, 0.25) is 0 Å². The van der Waals surface area contributed by atoms with Crippen LogP contribution in [0, 0.1) is 5.82 Å². The molecule has 2 N–H and O–H groups in total. The molecule has 0 bridgehead atoms. The van der Waals surface area contributed by atoms with E-state index in [0.29, 0.717) is 5.69 Å². The number of hydrogen-bond donors (Lipinski definition) is 2. The number of rotatable bonds is 5. The molecular weight excluding hydrogens is 305 g/mol. The zero-order valence-corrected chi connectivity index (χ0v) is 12.7. The zero-order chi connectivity index (χ0) is 16.8. The molecule has 1 fully saturated rings. The van der Waals surface area contributed by atoms with Crippen molar-refractivity contribution in [3.63, 3.8) is 0 Å². The van der Waals surface area contributed by atoms with Gasteiger partial charge in [0.05, 0.1) is 12.6 Å². The largest absolute Gasteiger partial charge is 0.465 e. The Labute approximate surface area is 132 Å². The number of carbonyl (C=O) groups excluding carboxylic acids is 3. The van der Waals surface area contributed by atoms with Crippen LogP contribution in [0.4, 0.5) is 14.9 Å². The van der Waals surface area contributed by atoms with Crippen molar-refractivity contribution >= 4 is 23.6 Å². The van der Waals surface area contributed by atoms with Crippen LogP contribution in [0.3, 0.4) is 0 Å². The molecule has 124 valence electrons. The van der Waals surface area contributed by atoms with E-state index in [1.165, 1.54) is 29.2 Å². The van der Waals surface area contributed by atoms with Crippen LogP contribution in [-0.4, -0.2) is 43.6 Å². The van der Waals surface area contributed by atoms with Gasteiger partial charge in [-0.15, -0.1) is 0 Å². The van der Waals surface area contributed by atoms with Crippen molar-refractivity contribution in [3.8, 4) is 0 Å². The predicted molar refractivity (Wildman–Crippen MR) is 80.3 cm³/mol. The molecule has 1 saturated heterocycles. The first-order valence-electron chi connectivity index (χ1n) is 7.25. The third kappa shape index (κ3) is 4.67. The first kappa shape index (κ1) is 16.7. The second-order valence-electron chi connectivity index (χ2n) is 5.01. The van der Waals surface area contributed by atoms with Gasteiger partial charge in [0, 0.05) is 18.7 Å². The summed E-state index contributed by atoms with van der Waals surface area (Å²) >= 11 is 0. The lowest BCUT2D eigenvalue weighted by Crippen LogP contribution is -2.45. The summed E-state index contributed by atoms with van der Waals surface area (Å²) in [6.07, 6.45) is 0.143. The van der Waals surface area contributed by atoms with E-state index in [1.54, 1.807) is 6.92 Å². The lowest BCUT2D eigenvalue weighted by molar-refractivity contribution is -0.141. The predicted octanol–water partition coefficient (Wildman–Crippen LogP) is 0.793. The number of carbonyl (C=O) groups is 3. The van der Waals surface area contributed by atoms with Crippen molar-refractivity contribution in [1.82, 2.24) is 10.6 Å². The summed E-state index contributed by atoms with van der Waals surface area (Å²) in [4.78, 5) is 36.3. The molecule has 1 aromatic carbocycles. The summed E-state index contributed by atoms with van der Waals surface area (Å²) in [6.45, 7) is 1.97. The minimum absolute atomic E-state index is 0.143. The summed E-state index contributed by atoms with van der Waals surface area (Å²) < 4.78 is 17.6. The molecule has 7 nitrogen and oxygen atoms in total. The lowest BCUT2D eigenvalue weighted by Gasteiger charge is -2.17. The third-order valence-corrected chi connectivity index (χ3v) is 3.30. The van der Waals surface area contributed by atoms with Gasteiger partial charge in [0.2, 0.25) is 5.91 Å². The van der Waals surface area contributed by atoms with E-state index in [-0.39, 0.29) is 43.9 Å². The highest BCUT2D eigenvalue weighted by Crippen LogP contribution is 2.21. The quantitative estimate of drug-likeness (QED) is 0.784. The molecule has 2 rings (SSSR count). The fourth-order valence-electron chi connectivity index (χ4n) is 2.28. The Hall–Kier alpha value is -2.64. The highest BCUT2D eigenvalue weighted by atomic mass is 19.1. The number of urea groups is 1. The molecule has 8 heteroatoms. The third-order valence-electron chi connectivity index (χ3n) is 3.30. The van der Waals surface area contributed by atoms with Crippen molar-refractivity contribution in [2.24, 2.45) is 0 Å². The van der Waals surface area contributed by atoms with Crippen molar-refractivity contribution in [1.29, 1.82) is 0 Å². The molecule has 1 atom stereocenters. The molecular formula is C15H18FN3O4. The van der Waals surface area contributed by atoms with Crippen LogP contribution in [0.15, 0.2) is 24.3 Å². The second kappa shape index (κ2) is 7.57. The van der Waals surface area contributed by atoms with Gasteiger partial charge in [-0.05, 0) is 31.2 Å². The van der Waals surface area contributed by atoms with Crippen LogP contribution in [0.5, 0.6) is 0 Å². The molecule has 3 amide bonds. The van der Waals surface area contributed by atoms with Gasteiger partial charge in [0.25, 0.3) is 0 Å². The number of benzene rings is 1. The van der Waals surface area contributed by atoms with Gasteiger partial charge >= 0.3 is 12.0 Å². The zero-order valence-electron chi connectivity index (χ0n) is 12.7. The maximum absolute atomic E-state index is 12.9. The first-order chi connectivity index (χ1) is 11.0. The highest BCUT2D eigenvalue weighted by molar-refractivity contribution is 5.96. The summed E-state index contributed by atoms with van der Waals surface area (Å²) in [5.74, 6) is -1.07. The Morgan fingerprint density at radius 1 is 1.35 bits per heavy atom. The Morgan fingerprint density at radius 3 is 2.70 bits per heavy atom. The van der Waals surface area contributed by atoms with Gasteiger partial charge in [-0.3, -0.25) is 9.59 Å². The van der Waals surface area contributed by atoms with Gasteiger partial charge in [-0.2, -0.15) is 0 Å². The summed E-state index contributed by atoms with van der Waals surface area (Å²) in [7, 11) is 0. The minimum Gasteiger partial charge on any atom is -0.465 e. The van der Waals surface area contributed by atoms with Crippen molar-refractivity contribution in [3.05, 3.63) is 30.1 Å². The Balaban J connectivity index is 1.84. The van der Waals surface area contributed by atoms with Crippen LogP contribution < -0.4 is 15.5 Å². The SMILES string of the molecule is CCOC(=O)CNC(=O)N[C@H]1CC(=O)N(c2ccc(F)cc2)C1. The topological polar surface area (TPSA) is 87.7 Å². The lowest BCUT2D eigenvalue weighted by atomic mass is 10.2. The number of esters is 1. The standard InChI is InChI=1S/C15H18FN3O4/c1-2-23-14(21)8-17-15(22)18-11-7-13(20)19(9-11)12-5-3-10(16)4-6-12/h3-6,11H,2,7-9H2,1H3,(H2,17,18,22)/t11-/m0/s1. The van der Waals surface area contributed by atoms with Crippen LogP contribution in [0.25, 0.3) is 0 Å². The number of nitrogens with zero attached hydrogens (tertiary/aromatic N) is 1. The summed E-state index contributed by atoms with van der Waals surface area (Å²) in [5.41, 5.74) is 0.577. The first-order valence-corrected chi connectivity index (χ1v) is 7.25. The van der Waals surface area contributed by atoms with Crippen LogP contribution in [0.1, 0.15) is 13.3 Å². The number of amides is 3. The molecule has 1 aromatic rings. The van der Waals surface area contributed by atoms with Gasteiger partial charge in [0.15, 0.2) is 0 Å². The van der Waals surface area contributed by atoms with Gasteiger partial charge < -0.3 is 20.3 Å². The molecule has 23 heavy (non-hydrogen) atoms. The maximum atomic E-state index is 12.9. The van der Waals surface area contributed by atoms with E-state index < -0.39 is 12.0 Å². The highest BCUT2D eigenvalue weighted by Gasteiger charge is 2.31. The van der Waals surface area contributed by atoms with Gasteiger partial charge in [-0.1, -0.05) is 0 Å². The van der Waals surface area contributed by atoms with Gasteiger partial charge in [-0.25, -0.2) is 9.18 Å². The molecule has 1 aliphatic heterocycles. The number of ether oxygens (including phenoxy) is 1. The fourth-order valence-corrected chi connectivity index (χ4v) is 2.28. The molecule has 1 aliphatic rings. The molecule has 0 aromatic heterocycles. The van der Waals surface area contributed by atoms with Gasteiger partial charge in [0.1, 0.15) is 12.4 Å². The maximum Gasteiger partial charge on any atom is 0.325 e. The molecule has 0 radical (unpaired) electrons. The number of anilines is 1. The van der Waals surface area contributed by atoms with E-state index in [2.05, 4.69) is 15.4 Å². The van der Waals surface area contributed by atoms with E-state index in [9.17, 15) is 18.8 Å². The summed E-state index contributed by atoms with van der Waals surface area (Å²) in [5, 5.41) is 4.99. The number of hydrogen-bond acceptors (Lipinski definition) is 4. The average Bonchev–Trinajstić information content (AvgIpc) is 2.87. The Kier molecular flexibility index (Phi) is 5.51. The minimum atomic E-state index is -0.545. The van der Waals surface area contributed by atoms with Crippen molar-refractivity contribution in [2.45, 2.75) is 19.4 Å².